The molecule has 0 aromatic carbocycles. The third-order valence-electron chi connectivity index (χ3n) is 5.25. The van der Waals surface area contributed by atoms with Crippen LogP contribution in [0.5, 0.6) is 0 Å². The Hall–Kier alpha value is -1.36. The maximum Gasteiger partial charge on any atom is 0.274 e. The Morgan fingerprint density at radius 3 is 2.80 bits per heavy atom. The van der Waals surface area contributed by atoms with Crippen LogP contribution in [0.1, 0.15) is 36.2 Å². The molecular formula is C15H22N4O. The molecular weight excluding hydrogens is 252 g/mol. The summed E-state index contributed by atoms with van der Waals surface area (Å²) in [7, 11) is 1.85. The van der Waals surface area contributed by atoms with E-state index in [9.17, 15) is 4.79 Å². The predicted octanol–water partition coefficient (Wildman–Crippen LogP) is 1.12. The molecule has 108 valence electrons. The number of aryl methyl sites for hydroxylation is 1. The van der Waals surface area contributed by atoms with E-state index in [0.717, 1.165) is 25.4 Å². The summed E-state index contributed by atoms with van der Waals surface area (Å²) in [4.78, 5) is 17.1. The zero-order chi connectivity index (χ0) is 13.7. The molecule has 1 aromatic heterocycles. The number of rotatable bonds is 3. The molecule has 1 amide bonds. The van der Waals surface area contributed by atoms with Crippen molar-refractivity contribution in [3.63, 3.8) is 0 Å². The van der Waals surface area contributed by atoms with Gasteiger partial charge in [0.1, 0.15) is 5.69 Å². The standard InChI is InChI=1S/C15H22N4O/c1-17-7-4-13(16-17)14(20)18-8-5-15(11-18)6-9-19(15)10-12-2-3-12/h4,7,12H,2-3,5-6,8-11H2,1H3. The van der Waals surface area contributed by atoms with Crippen molar-refractivity contribution in [2.24, 2.45) is 13.0 Å². The molecule has 3 fully saturated rings. The third kappa shape index (κ3) is 1.95. The van der Waals surface area contributed by atoms with Gasteiger partial charge < -0.3 is 4.90 Å². The van der Waals surface area contributed by atoms with Gasteiger partial charge in [-0.3, -0.25) is 14.4 Å². The fourth-order valence-corrected chi connectivity index (χ4v) is 3.67. The van der Waals surface area contributed by atoms with Gasteiger partial charge in [-0.2, -0.15) is 5.10 Å². The Bertz CT molecular complexity index is 536. The van der Waals surface area contributed by atoms with Crippen LogP contribution >= 0.6 is 0 Å². The lowest BCUT2D eigenvalue weighted by Gasteiger charge is -2.51. The molecule has 0 N–H and O–H groups in total. The van der Waals surface area contributed by atoms with Crippen LogP contribution in [0.4, 0.5) is 0 Å². The monoisotopic (exact) mass is 274 g/mol. The number of hydrogen-bond donors (Lipinski definition) is 0. The van der Waals surface area contributed by atoms with Gasteiger partial charge in [0.25, 0.3) is 5.91 Å². The first-order valence-electron chi connectivity index (χ1n) is 7.70. The van der Waals surface area contributed by atoms with E-state index in [0.29, 0.717) is 11.2 Å². The highest BCUT2D eigenvalue weighted by molar-refractivity contribution is 5.92. The average molecular weight is 274 g/mol. The molecule has 1 saturated carbocycles. The van der Waals surface area contributed by atoms with Crippen molar-refractivity contribution in [3.05, 3.63) is 18.0 Å². The molecule has 1 spiro atoms. The lowest BCUT2D eigenvalue weighted by atomic mass is 9.83. The molecule has 5 heteroatoms. The second kappa shape index (κ2) is 4.32. The Morgan fingerprint density at radius 2 is 2.20 bits per heavy atom. The SMILES string of the molecule is Cn1ccc(C(=O)N2CCC3(CCN3CC3CC3)C2)n1. The van der Waals surface area contributed by atoms with Crippen molar-refractivity contribution in [3.8, 4) is 0 Å². The minimum absolute atomic E-state index is 0.0979. The molecule has 3 aliphatic rings. The highest BCUT2D eigenvalue weighted by atomic mass is 16.2. The van der Waals surface area contributed by atoms with Crippen LogP contribution in [0.15, 0.2) is 12.3 Å². The summed E-state index contributed by atoms with van der Waals surface area (Å²) >= 11 is 0. The first-order chi connectivity index (χ1) is 9.66. The van der Waals surface area contributed by atoms with Crippen molar-refractivity contribution in [2.75, 3.05) is 26.2 Å². The first-order valence-corrected chi connectivity index (χ1v) is 7.70. The minimum atomic E-state index is 0.0979. The zero-order valence-electron chi connectivity index (χ0n) is 12.1. The van der Waals surface area contributed by atoms with E-state index in [-0.39, 0.29) is 5.91 Å². The Balaban J connectivity index is 1.43. The second-order valence-electron chi connectivity index (χ2n) is 6.72. The normalized spacial score (nSPS) is 29.9. The van der Waals surface area contributed by atoms with Gasteiger partial charge in [-0.1, -0.05) is 0 Å². The van der Waals surface area contributed by atoms with E-state index in [2.05, 4.69) is 10.00 Å². The van der Waals surface area contributed by atoms with E-state index < -0.39 is 0 Å². The maximum atomic E-state index is 12.5. The lowest BCUT2D eigenvalue weighted by molar-refractivity contribution is -0.00935. The molecule has 0 bridgehead atoms. The summed E-state index contributed by atoms with van der Waals surface area (Å²) < 4.78 is 1.70. The van der Waals surface area contributed by atoms with Gasteiger partial charge >= 0.3 is 0 Å². The van der Waals surface area contributed by atoms with Gasteiger partial charge in [-0.15, -0.1) is 0 Å². The molecule has 2 saturated heterocycles. The molecule has 20 heavy (non-hydrogen) atoms. The highest BCUT2D eigenvalue weighted by Gasteiger charge is 2.51. The summed E-state index contributed by atoms with van der Waals surface area (Å²) in [6, 6.07) is 1.82. The average Bonchev–Trinajstić information content (AvgIpc) is 2.96. The molecule has 4 rings (SSSR count). The number of amides is 1. The number of carbonyl (C=O) groups is 1. The molecule has 0 radical (unpaired) electrons. The molecule has 1 aliphatic carbocycles. The summed E-state index contributed by atoms with van der Waals surface area (Å²) in [5.41, 5.74) is 0.880. The Kier molecular flexibility index (Phi) is 2.67. The highest BCUT2D eigenvalue weighted by Crippen LogP contribution is 2.42. The van der Waals surface area contributed by atoms with E-state index in [1.807, 2.05) is 24.2 Å². The molecule has 3 heterocycles. The number of aromatic nitrogens is 2. The van der Waals surface area contributed by atoms with Crippen LogP contribution < -0.4 is 0 Å². The topological polar surface area (TPSA) is 41.4 Å². The van der Waals surface area contributed by atoms with Crippen molar-refractivity contribution in [1.29, 1.82) is 0 Å². The Morgan fingerprint density at radius 1 is 1.40 bits per heavy atom. The smallest absolute Gasteiger partial charge is 0.274 e. The van der Waals surface area contributed by atoms with Gasteiger partial charge in [-0.05, 0) is 37.7 Å². The van der Waals surface area contributed by atoms with Crippen LogP contribution in [0, 0.1) is 5.92 Å². The summed E-state index contributed by atoms with van der Waals surface area (Å²) in [5, 5.41) is 4.24. The van der Waals surface area contributed by atoms with Crippen LogP contribution in [-0.4, -0.2) is 57.2 Å². The van der Waals surface area contributed by atoms with E-state index >= 15 is 0 Å². The lowest BCUT2D eigenvalue weighted by Crippen LogP contribution is -2.61. The van der Waals surface area contributed by atoms with Crippen LogP contribution in [0.25, 0.3) is 0 Å². The third-order valence-corrected chi connectivity index (χ3v) is 5.25. The van der Waals surface area contributed by atoms with Crippen LogP contribution in [0.2, 0.25) is 0 Å². The summed E-state index contributed by atoms with van der Waals surface area (Å²) in [6.07, 6.45) is 7.04. The molecule has 2 aliphatic heterocycles. The van der Waals surface area contributed by atoms with Crippen LogP contribution in [-0.2, 0) is 7.05 Å². The number of nitrogens with zero attached hydrogens (tertiary/aromatic N) is 4. The van der Waals surface area contributed by atoms with Crippen LogP contribution in [0.3, 0.4) is 0 Å². The van der Waals surface area contributed by atoms with Gasteiger partial charge in [0.15, 0.2) is 0 Å². The maximum absolute atomic E-state index is 12.5. The van der Waals surface area contributed by atoms with Crippen molar-refractivity contribution in [1.82, 2.24) is 19.6 Å². The second-order valence-corrected chi connectivity index (χ2v) is 6.72. The van der Waals surface area contributed by atoms with Gasteiger partial charge in [-0.25, -0.2) is 0 Å². The van der Waals surface area contributed by atoms with E-state index in [1.54, 1.807) is 4.68 Å². The van der Waals surface area contributed by atoms with E-state index in [1.165, 1.54) is 32.4 Å². The zero-order valence-corrected chi connectivity index (χ0v) is 12.1. The van der Waals surface area contributed by atoms with Gasteiger partial charge in [0.2, 0.25) is 0 Å². The first kappa shape index (κ1) is 12.4. The predicted molar refractivity (Wildman–Crippen MR) is 75.4 cm³/mol. The quantitative estimate of drug-likeness (QED) is 0.829. The minimum Gasteiger partial charge on any atom is -0.335 e. The largest absolute Gasteiger partial charge is 0.335 e. The fourth-order valence-electron chi connectivity index (χ4n) is 3.67. The van der Waals surface area contributed by atoms with Crippen molar-refractivity contribution < 1.29 is 4.79 Å². The summed E-state index contributed by atoms with van der Waals surface area (Å²) in [6.45, 7) is 4.26. The fraction of sp³-hybridized carbons (Fsp3) is 0.733. The molecule has 1 unspecified atom stereocenters. The van der Waals surface area contributed by atoms with Gasteiger partial charge in [0, 0.05) is 45.0 Å². The number of carbonyl (C=O) groups excluding carboxylic acids is 1. The van der Waals surface area contributed by atoms with E-state index in [4.69, 9.17) is 0 Å². The summed E-state index contributed by atoms with van der Waals surface area (Å²) in [5.74, 6) is 1.04. The molecule has 1 aromatic rings. The van der Waals surface area contributed by atoms with Crippen molar-refractivity contribution >= 4 is 5.91 Å². The molecule has 1 atom stereocenters. The Labute approximate surface area is 119 Å². The van der Waals surface area contributed by atoms with Gasteiger partial charge in [0.05, 0.1) is 0 Å². The molecule has 5 nitrogen and oxygen atoms in total. The van der Waals surface area contributed by atoms with Crippen molar-refractivity contribution in [2.45, 2.75) is 31.2 Å². The number of likely N-dealkylation sites (tertiary alicyclic amines) is 2. The number of hydrogen-bond acceptors (Lipinski definition) is 3.